The Hall–Kier alpha value is -0.410. The summed E-state index contributed by atoms with van der Waals surface area (Å²) < 4.78 is 0. The van der Waals surface area contributed by atoms with Crippen molar-refractivity contribution in [2.75, 3.05) is 6.54 Å². The van der Waals surface area contributed by atoms with Crippen LogP contribution >= 0.6 is 11.3 Å². The average molecular weight is 238 g/mol. The normalized spacial score (nSPS) is 19.6. The zero-order chi connectivity index (χ0) is 11.4. The monoisotopic (exact) mass is 238 g/mol. The van der Waals surface area contributed by atoms with Crippen LogP contribution in [0.1, 0.15) is 50.6 Å². The van der Waals surface area contributed by atoms with E-state index in [9.17, 15) is 0 Å². The van der Waals surface area contributed by atoms with E-state index in [4.69, 9.17) is 0 Å². The molecule has 0 aromatic carbocycles. The van der Waals surface area contributed by atoms with Crippen LogP contribution in [0.15, 0.2) is 11.6 Å². The summed E-state index contributed by atoms with van der Waals surface area (Å²) in [5, 5.41) is 7.09. The first-order chi connectivity index (χ1) is 7.81. The Balaban J connectivity index is 1.84. The van der Waals surface area contributed by atoms with Crippen molar-refractivity contribution in [3.63, 3.8) is 0 Å². The van der Waals surface area contributed by atoms with Crippen molar-refractivity contribution in [1.82, 2.24) is 10.3 Å². The quantitative estimate of drug-likeness (QED) is 0.785. The number of rotatable bonds is 7. The van der Waals surface area contributed by atoms with Crippen molar-refractivity contribution >= 4 is 11.3 Å². The molecule has 0 saturated heterocycles. The highest BCUT2D eigenvalue weighted by atomic mass is 32.1. The summed E-state index contributed by atoms with van der Waals surface area (Å²) >= 11 is 1.79. The topological polar surface area (TPSA) is 24.9 Å². The lowest BCUT2D eigenvalue weighted by Crippen LogP contribution is -2.27. The third-order valence-corrected chi connectivity index (χ3v) is 4.14. The van der Waals surface area contributed by atoms with Gasteiger partial charge in [0.25, 0.3) is 0 Å². The molecule has 2 rings (SSSR count). The van der Waals surface area contributed by atoms with Crippen molar-refractivity contribution < 1.29 is 0 Å². The van der Waals surface area contributed by atoms with Gasteiger partial charge in [0.05, 0.1) is 6.04 Å². The highest BCUT2D eigenvalue weighted by Crippen LogP contribution is 2.41. The Morgan fingerprint density at radius 2 is 2.38 bits per heavy atom. The zero-order valence-electron chi connectivity index (χ0n) is 10.3. The molecule has 2 nitrogen and oxygen atoms in total. The molecule has 0 spiro atoms. The molecule has 0 amide bonds. The van der Waals surface area contributed by atoms with Crippen LogP contribution in [0, 0.1) is 11.8 Å². The van der Waals surface area contributed by atoms with E-state index in [1.165, 1.54) is 30.7 Å². The summed E-state index contributed by atoms with van der Waals surface area (Å²) in [6.45, 7) is 5.73. The lowest BCUT2D eigenvalue weighted by Gasteiger charge is -2.18. The van der Waals surface area contributed by atoms with E-state index in [2.05, 4.69) is 29.5 Å². The Morgan fingerprint density at radius 1 is 1.56 bits per heavy atom. The minimum absolute atomic E-state index is 0.527. The predicted molar refractivity (Wildman–Crippen MR) is 69.7 cm³/mol. The molecule has 0 bridgehead atoms. The van der Waals surface area contributed by atoms with Crippen LogP contribution in [0.4, 0.5) is 0 Å². The van der Waals surface area contributed by atoms with E-state index in [1.54, 1.807) is 11.3 Å². The SMILES string of the molecule is CCCC(C)CNC(c1nccs1)C1CC1. The van der Waals surface area contributed by atoms with Crippen molar-refractivity contribution in [3.8, 4) is 0 Å². The standard InChI is InChI=1S/C13H22N2S/c1-3-4-10(2)9-15-12(11-5-6-11)13-14-7-8-16-13/h7-8,10-12,15H,3-6,9H2,1-2H3. The zero-order valence-corrected chi connectivity index (χ0v) is 11.1. The predicted octanol–water partition coefficient (Wildman–Crippen LogP) is 3.62. The minimum Gasteiger partial charge on any atom is -0.307 e. The van der Waals surface area contributed by atoms with Crippen LogP contribution in [0.3, 0.4) is 0 Å². The first kappa shape index (κ1) is 12.1. The van der Waals surface area contributed by atoms with E-state index in [0.29, 0.717) is 6.04 Å². The van der Waals surface area contributed by atoms with Crippen molar-refractivity contribution in [3.05, 3.63) is 16.6 Å². The maximum atomic E-state index is 4.46. The second-order valence-electron chi connectivity index (χ2n) is 4.99. The van der Waals surface area contributed by atoms with Crippen LogP contribution < -0.4 is 5.32 Å². The number of thiazole rings is 1. The number of hydrogen-bond donors (Lipinski definition) is 1. The summed E-state index contributed by atoms with van der Waals surface area (Å²) in [6.07, 6.45) is 7.28. The molecule has 1 aliphatic rings. The summed E-state index contributed by atoms with van der Waals surface area (Å²) in [6, 6.07) is 0.527. The second kappa shape index (κ2) is 5.78. The Bertz CT molecular complexity index is 293. The van der Waals surface area contributed by atoms with Crippen LogP contribution in [0.5, 0.6) is 0 Å². The van der Waals surface area contributed by atoms with Gasteiger partial charge in [0, 0.05) is 11.6 Å². The van der Waals surface area contributed by atoms with Gasteiger partial charge in [-0.3, -0.25) is 0 Å². The maximum Gasteiger partial charge on any atom is 0.110 e. The lowest BCUT2D eigenvalue weighted by molar-refractivity contribution is 0.406. The van der Waals surface area contributed by atoms with Gasteiger partial charge in [0.2, 0.25) is 0 Å². The number of aromatic nitrogens is 1. The Morgan fingerprint density at radius 3 is 2.94 bits per heavy atom. The van der Waals surface area contributed by atoms with Gasteiger partial charge in [-0.15, -0.1) is 11.3 Å². The molecular weight excluding hydrogens is 216 g/mol. The molecule has 1 aromatic heterocycles. The van der Waals surface area contributed by atoms with Crippen LogP contribution in [0.25, 0.3) is 0 Å². The molecule has 90 valence electrons. The van der Waals surface area contributed by atoms with E-state index >= 15 is 0 Å². The molecule has 1 aliphatic carbocycles. The number of nitrogens with one attached hydrogen (secondary N) is 1. The number of hydrogen-bond acceptors (Lipinski definition) is 3. The largest absolute Gasteiger partial charge is 0.307 e. The highest BCUT2D eigenvalue weighted by molar-refractivity contribution is 7.09. The van der Waals surface area contributed by atoms with Gasteiger partial charge in [0.1, 0.15) is 5.01 Å². The van der Waals surface area contributed by atoms with Crippen molar-refractivity contribution in [2.24, 2.45) is 11.8 Å². The summed E-state index contributed by atoms with van der Waals surface area (Å²) in [5.74, 6) is 1.63. The van der Waals surface area contributed by atoms with Crippen LogP contribution in [-0.4, -0.2) is 11.5 Å². The first-order valence-electron chi connectivity index (χ1n) is 6.44. The number of nitrogens with zero attached hydrogens (tertiary/aromatic N) is 1. The van der Waals surface area contributed by atoms with Crippen molar-refractivity contribution in [2.45, 2.75) is 45.6 Å². The Labute approximate surface area is 102 Å². The van der Waals surface area contributed by atoms with E-state index in [1.807, 2.05) is 6.20 Å². The molecule has 0 radical (unpaired) electrons. The molecule has 1 heterocycles. The van der Waals surface area contributed by atoms with Gasteiger partial charge in [-0.2, -0.15) is 0 Å². The van der Waals surface area contributed by atoms with Gasteiger partial charge in [0.15, 0.2) is 0 Å². The third kappa shape index (κ3) is 3.29. The molecule has 3 heteroatoms. The molecular formula is C13H22N2S. The van der Waals surface area contributed by atoms with Crippen LogP contribution in [-0.2, 0) is 0 Å². The molecule has 1 aromatic rings. The second-order valence-corrected chi connectivity index (χ2v) is 5.91. The molecule has 2 atom stereocenters. The summed E-state index contributed by atoms with van der Waals surface area (Å²) in [7, 11) is 0. The fourth-order valence-corrected chi connectivity index (χ4v) is 3.00. The molecule has 16 heavy (non-hydrogen) atoms. The summed E-state index contributed by atoms with van der Waals surface area (Å²) in [5.41, 5.74) is 0. The molecule has 2 unspecified atom stereocenters. The smallest absolute Gasteiger partial charge is 0.110 e. The molecule has 1 saturated carbocycles. The molecule has 1 N–H and O–H groups in total. The van der Waals surface area contributed by atoms with Crippen molar-refractivity contribution in [1.29, 1.82) is 0 Å². The van der Waals surface area contributed by atoms with Gasteiger partial charge >= 0.3 is 0 Å². The van der Waals surface area contributed by atoms with E-state index in [0.717, 1.165) is 18.4 Å². The third-order valence-electron chi connectivity index (χ3n) is 3.28. The maximum absolute atomic E-state index is 4.46. The molecule has 1 fully saturated rings. The molecule has 0 aliphatic heterocycles. The van der Waals surface area contributed by atoms with E-state index < -0.39 is 0 Å². The van der Waals surface area contributed by atoms with E-state index in [-0.39, 0.29) is 0 Å². The van der Waals surface area contributed by atoms with Gasteiger partial charge in [-0.25, -0.2) is 4.98 Å². The fourth-order valence-electron chi connectivity index (χ4n) is 2.20. The first-order valence-corrected chi connectivity index (χ1v) is 7.32. The highest BCUT2D eigenvalue weighted by Gasteiger charge is 2.33. The average Bonchev–Trinajstić information content (AvgIpc) is 2.94. The Kier molecular flexibility index (Phi) is 4.36. The summed E-state index contributed by atoms with van der Waals surface area (Å²) in [4.78, 5) is 4.46. The fraction of sp³-hybridized carbons (Fsp3) is 0.769. The van der Waals surface area contributed by atoms with Crippen LogP contribution in [0.2, 0.25) is 0 Å². The van der Waals surface area contributed by atoms with Gasteiger partial charge in [-0.1, -0.05) is 20.3 Å². The lowest BCUT2D eigenvalue weighted by atomic mass is 10.1. The minimum atomic E-state index is 0.527. The van der Waals surface area contributed by atoms with Gasteiger partial charge in [-0.05, 0) is 37.6 Å². The van der Waals surface area contributed by atoms with Gasteiger partial charge < -0.3 is 5.32 Å².